The molecule has 8 heteroatoms. The lowest BCUT2D eigenvalue weighted by atomic mass is 10.1. The van der Waals surface area contributed by atoms with Crippen molar-refractivity contribution in [3.8, 4) is 0 Å². The molecule has 0 aliphatic rings. The third-order valence-corrected chi connectivity index (χ3v) is 5.22. The smallest absolute Gasteiger partial charge is 0.338 e. The molecule has 1 unspecified atom stereocenters. The van der Waals surface area contributed by atoms with Crippen LogP contribution >= 0.6 is 0 Å². The Morgan fingerprint density at radius 3 is 2.19 bits per heavy atom. The van der Waals surface area contributed by atoms with Gasteiger partial charge in [0.25, 0.3) is 15.9 Å². The average molecular weight is 376 g/mol. The molecule has 1 atom stereocenters. The van der Waals surface area contributed by atoms with Crippen LogP contribution < -0.4 is 10.5 Å². The first kappa shape index (κ1) is 19.5. The molecule has 7 nitrogen and oxygen atoms in total. The highest BCUT2D eigenvalue weighted by Gasteiger charge is 2.17. The minimum atomic E-state index is -3.74. The molecule has 2 rings (SSSR count). The van der Waals surface area contributed by atoms with E-state index in [-0.39, 0.29) is 10.5 Å². The van der Waals surface area contributed by atoms with Gasteiger partial charge < -0.3 is 10.5 Å². The van der Waals surface area contributed by atoms with E-state index < -0.39 is 28.0 Å². The molecule has 26 heavy (non-hydrogen) atoms. The number of hydrogen-bond donors (Lipinski definition) is 2. The summed E-state index contributed by atoms with van der Waals surface area (Å²) in [6.45, 7) is 5.10. The van der Waals surface area contributed by atoms with Gasteiger partial charge in [-0.3, -0.25) is 9.52 Å². The lowest BCUT2D eigenvalue weighted by Crippen LogP contribution is -2.30. The summed E-state index contributed by atoms with van der Waals surface area (Å²) in [5.74, 6) is -1.48. The SMILES string of the molecule is Cc1ccc(S(=O)(=O)Nc2ccc(C(=O)OC(C)C(N)=O)cc2)cc1C. The number of nitrogens with one attached hydrogen (secondary N) is 1. The first-order valence-electron chi connectivity index (χ1n) is 7.80. The second kappa shape index (κ2) is 7.57. The molecule has 0 aliphatic carbocycles. The van der Waals surface area contributed by atoms with Gasteiger partial charge in [-0.25, -0.2) is 13.2 Å². The van der Waals surface area contributed by atoms with E-state index in [4.69, 9.17) is 10.5 Å². The molecule has 0 aliphatic heterocycles. The maximum Gasteiger partial charge on any atom is 0.338 e. The van der Waals surface area contributed by atoms with E-state index in [1.807, 2.05) is 13.8 Å². The van der Waals surface area contributed by atoms with Crippen molar-refractivity contribution >= 4 is 27.6 Å². The standard InChI is InChI=1S/C18H20N2O5S/c1-11-4-9-16(10-12(11)2)26(23,24)20-15-7-5-14(6-8-15)18(22)25-13(3)17(19)21/h4-10,13,20H,1-3H3,(H2,19,21). The molecule has 0 spiro atoms. The highest BCUT2D eigenvalue weighted by molar-refractivity contribution is 7.92. The van der Waals surface area contributed by atoms with Crippen LogP contribution in [0.4, 0.5) is 5.69 Å². The quantitative estimate of drug-likeness (QED) is 0.749. The number of hydrogen-bond acceptors (Lipinski definition) is 5. The van der Waals surface area contributed by atoms with Crippen LogP contribution in [0, 0.1) is 13.8 Å². The third-order valence-electron chi connectivity index (χ3n) is 3.85. The number of primary amides is 1. The normalized spacial score (nSPS) is 12.3. The van der Waals surface area contributed by atoms with Crippen LogP contribution in [-0.2, 0) is 19.6 Å². The summed E-state index contributed by atoms with van der Waals surface area (Å²) in [7, 11) is -3.74. The molecule has 0 saturated heterocycles. The van der Waals surface area contributed by atoms with E-state index in [2.05, 4.69) is 4.72 Å². The Hall–Kier alpha value is -2.87. The van der Waals surface area contributed by atoms with Crippen molar-refractivity contribution < 1.29 is 22.7 Å². The Labute approximate surface area is 152 Å². The lowest BCUT2D eigenvalue weighted by molar-refractivity contribution is -0.125. The largest absolute Gasteiger partial charge is 0.449 e. The summed E-state index contributed by atoms with van der Waals surface area (Å²) in [6, 6.07) is 10.5. The molecule has 2 aromatic rings. The third kappa shape index (κ3) is 4.60. The molecule has 0 bridgehead atoms. The van der Waals surface area contributed by atoms with E-state index in [0.29, 0.717) is 5.69 Å². The summed E-state index contributed by atoms with van der Waals surface area (Å²) >= 11 is 0. The van der Waals surface area contributed by atoms with E-state index in [0.717, 1.165) is 11.1 Å². The zero-order valence-electron chi connectivity index (χ0n) is 14.6. The molecule has 0 fully saturated rings. The number of carbonyl (C=O) groups excluding carboxylic acids is 2. The summed E-state index contributed by atoms with van der Waals surface area (Å²) in [5.41, 5.74) is 7.37. The molecule has 138 valence electrons. The van der Waals surface area contributed by atoms with Crippen LogP contribution in [0.2, 0.25) is 0 Å². The number of anilines is 1. The van der Waals surface area contributed by atoms with Crippen molar-refractivity contribution in [2.24, 2.45) is 5.73 Å². The van der Waals surface area contributed by atoms with Crippen molar-refractivity contribution in [2.75, 3.05) is 4.72 Å². The van der Waals surface area contributed by atoms with Crippen LogP contribution in [0.1, 0.15) is 28.4 Å². The van der Waals surface area contributed by atoms with Crippen molar-refractivity contribution in [1.29, 1.82) is 0 Å². The summed E-state index contributed by atoms with van der Waals surface area (Å²) in [6.07, 6.45) is -1.05. The summed E-state index contributed by atoms with van der Waals surface area (Å²) in [4.78, 5) is 23.0. The maximum absolute atomic E-state index is 12.5. The van der Waals surface area contributed by atoms with Crippen molar-refractivity contribution in [2.45, 2.75) is 31.8 Å². The first-order valence-corrected chi connectivity index (χ1v) is 9.29. The predicted octanol–water partition coefficient (Wildman–Crippen LogP) is 2.13. The number of sulfonamides is 1. The topological polar surface area (TPSA) is 116 Å². The number of aryl methyl sites for hydroxylation is 2. The Balaban J connectivity index is 2.14. The Morgan fingerprint density at radius 1 is 1.04 bits per heavy atom. The van der Waals surface area contributed by atoms with E-state index in [1.54, 1.807) is 12.1 Å². The van der Waals surface area contributed by atoms with Gasteiger partial charge in [0.05, 0.1) is 10.5 Å². The van der Waals surface area contributed by atoms with Crippen molar-refractivity contribution in [3.05, 3.63) is 59.2 Å². The molecule has 0 heterocycles. The van der Waals surface area contributed by atoms with Gasteiger partial charge in [-0.05, 0) is 68.3 Å². The number of amides is 1. The fourth-order valence-electron chi connectivity index (χ4n) is 2.06. The molecule has 1 amide bonds. The van der Waals surface area contributed by atoms with Gasteiger partial charge in [-0.2, -0.15) is 0 Å². The molecular weight excluding hydrogens is 356 g/mol. The van der Waals surface area contributed by atoms with Gasteiger partial charge in [0.2, 0.25) is 0 Å². The number of ether oxygens (including phenoxy) is 1. The van der Waals surface area contributed by atoms with Crippen LogP contribution in [-0.4, -0.2) is 26.4 Å². The molecule has 3 N–H and O–H groups in total. The van der Waals surface area contributed by atoms with E-state index in [1.165, 1.54) is 37.3 Å². The minimum absolute atomic E-state index is 0.152. The maximum atomic E-state index is 12.5. The number of nitrogens with two attached hydrogens (primary N) is 1. The highest BCUT2D eigenvalue weighted by Crippen LogP contribution is 2.19. The second-order valence-corrected chi connectivity index (χ2v) is 7.56. The molecule has 0 aromatic heterocycles. The lowest BCUT2D eigenvalue weighted by Gasteiger charge is -2.11. The molecule has 0 saturated carbocycles. The predicted molar refractivity (Wildman–Crippen MR) is 97.2 cm³/mol. The zero-order valence-corrected chi connectivity index (χ0v) is 15.5. The van der Waals surface area contributed by atoms with Gasteiger partial charge >= 0.3 is 5.97 Å². The van der Waals surface area contributed by atoms with Crippen LogP contribution in [0.25, 0.3) is 0 Å². The Kier molecular flexibility index (Phi) is 5.66. The van der Waals surface area contributed by atoms with Gasteiger partial charge in [0.15, 0.2) is 6.10 Å². The zero-order chi connectivity index (χ0) is 19.5. The van der Waals surface area contributed by atoms with Crippen LogP contribution in [0.15, 0.2) is 47.4 Å². The first-order chi connectivity index (χ1) is 12.1. The molecule has 2 aromatic carbocycles. The number of esters is 1. The van der Waals surface area contributed by atoms with Gasteiger partial charge in [-0.15, -0.1) is 0 Å². The second-order valence-electron chi connectivity index (χ2n) is 5.88. The average Bonchev–Trinajstić information content (AvgIpc) is 2.57. The monoisotopic (exact) mass is 376 g/mol. The molecular formula is C18H20N2O5S. The summed E-state index contributed by atoms with van der Waals surface area (Å²) < 4.78 is 32.2. The van der Waals surface area contributed by atoms with Gasteiger partial charge in [0.1, 0.15) is 0 Å². The van der Waals surface area contributed by atoms with Crippen molar-refractivity contribution in [1.82, 2.24) is 0 Å². The Bertz CT molecular complexity index is 937. The van der Waals surface area contributed by atoms with E-state index in [9.17, 15) is 18.0 Å². The molecule has 0 radical (unpaired) electrons. The minimum Gasteiger partial charge on any atom is -0.449 e. The van der Waals surface area contributed by atoms with Crippen LogP contribution in [0.5, 0.6) is 0 Å². The number of benzene rings is 2. The highest BCUT2D eigenvalue weighted by atomic mass is 32.2. The Morgan fingerprint density at radius 2 is 1.65 bits per heavy atom. The van der Waals surface area contributed by atoms with Gasteiger partial charge in [0, 0.05) is 5.69 Å². The van der Waals surface area contributed by atoms with E-state index >= 15 is 0 Å². The number of carbonyl (C=O) groups is 2. The van der Waals surface area contributed by atoms with Crippen molar-refractivity contribution in [3.63, 3.8) is 0 Å². The summed E-state index contributed by atoms with van der Waals surface area (Å²) in [5, 5.41) is 0. The van der Waals surface area contributed by atoms with Crippen LogP contribution in [0.3, 0.4) is 0 Å². The van der Waals surface area contributed by atoms with Gasteiger partial charge in [-0.1, -0.05) is 6.07 Å². The number of rotatable bonds is 6. The fraction of sp³-hybridized carbons (Fsp3) is 0.222. The fourth-order valence-corrected chi connectivity index (χ4v) is 3.20.